The van der Waals surface area contributed by atoms with Gasteiger partial charge in [0.15, 0.2) is 0 Å². The average Bonchev–Trinajstić information content (AvgIpc) is 2.06. The lowest BCUT2D eigenvalue weighted by Gasteiger charge is -1.99. The first-order chi connectivity index (χ1) is 6.25. The van der Waals surface area contributed by atoms with Crippen LogP contribution in [0.4, 0.5) is 8.78 Å². The summed E-state index contributed by atoms with van der Waals surface area (Å²) in [6.07, 6.45) is -4.54. The molecule has 0 aliphatic carbocycles. The Morgan fingerprint density at radius 1 is 1.82 bits per heavy atom. The van der Waals surface area contributed by atoms with Crippen LogP contribution in [0, 0.1) is 0 Å². The number of nitrogens with zero attached hydrogens (tertiary/aromatic N) is 1. The van der Waals surface area contributed by atoms with Crippen molar-refractivity contribution < 1.29 is 12.9 Å². The zero-order chi connectivity index (χ0) is 11.1. The van der Waals surface area contributed by atoms with E-state index < -0.39 is 24.3 Å². The Balaban J connectivity index is 3.49. The lowest BCUT2D eigenvalue weighted by molar-refractivity contribution is 0.146. The Kier molecular flexibility index (Phi) is 1.70. The van der Waals surface area contributed by atoms with Crippen LogP contribution in [-0.2, 0) is 0 Å². The number of pyridine rings is 1. The van der Waals surface area contributed by atoms with E-state index in [1.807, 2.05) is 0 Å². The molecule has 60 valence electrons. The van der Waals surface area contributed by atoms with Gasteiger partial charge in [-0.3, -0.25) is 4.98 Å². The molecule has 0 fully saturated rings. The highest BCUT2D eigenvalue weighted by Crippen LogP contribution is 2.25. The van der Waals surface area contributed by atoms with Crippen molar-refractivity contribution in [3.05, 3.63) is 27.4 Å². The Hall–Kier alpha value is -0.220. The summed E-state index contributed by atoms with van der Waals surface area (Å²) in [5.74, 6) is 0. The molecule has 1 rings (SSSR count). The second-order valence-corrected chi connectivity index (χ2v) is 2.76. The van der Waals surface area contributed by atoms with Crippen molar-refractivity contribution in [3.63, 3.8) is 0 Å². The molecule has 1 nitrogen and oxygen atoms in total. The number of hydrogen-bond acceptors (Lipinski definition) is 1. The van der Waals surface area contributed by atoms with Gasteiger partial charge < -0.3 is 0 Å². The normalized spacial score (nSPS) is 15.5. The zero-order valence-electron chi connectivity index (χ0n) is 7.96. The van der Waals surface area contributed by atoms with Gasteiger partial charge in [-0.05, 0) is 22.0 Å². The van der Waals surface area contributed by atoms with Crippen LogP contribution in [-0.4, -0.2) is 4.98 Å². The molecule has 0 saturated heterocycles. The van der Waals surface area contributed by atoms with Crippen molar-refractivity contribution in [2.75, 3.05) is 0 Å². The molecule has 0 aliphatic heterocycles. The number of hydrogen-bond donors (Lipinski definition) is 0. The van der Waals surface area contributed by atoms with Crippen LogP contribution in [0.3, 0.4) is 0 Å². The predicted molar refractivity (Wildman–Crippen MR) is 41.9 cm³/mol. The van der Waals surface area contributed by atoms with Crippen LogP contribution < -0.4 is 0 Å². The maximum Gasteiger partial charge on any atom is 0.280 e. The van der Waals surface area contributed by atoms with Gasteiger partial charge in [-0.2, -0.15) is 0 Å². The van der Waals surface area contributed by atoms with Gasteiger partial charge in [-0.1, -0.05) is 11.6 Å². The standard InChI is InChI=1S/C6H3BrClF2N/c7-3-2-11-5(6(9)10)1-4(3)8/h1-2,6H/i1D,2D,6D. The molecule has 0 aromatic carbocycles. The van der Waals surface area contributed by atoms with Gasteiger partial charge in [0.2, 0.25) is 0 Å². The van der Waals surface area contributed by atoms with Crippen molar-refractivity contribution in [2.24, 2.45) is 0 Å². The van der Waals surface area contributed by atoms with Gasteiger partial charge in [0, 0.05) is 6.17 Å². The van der Waals surface area contributed by atoms with E-state index in [1.165, 1.54) is 0 Å². The molecular weight excluding hydrogens is 239 g/mol. The van der Waals surface area contributed by atoms with E-state index >= 15 is 0 Å². The summed E-state index contributed by atoms with van der Waals surface area (Å²) in [6, 6.07) is -0.741. The molecule has 0 radical (unpaired) electrons. The Labute approximate surface area is 79.7 Å². The highest BCUT2D eigenvalue weighted by atomic mass is 79.9. The third-order valence-corrected chi connectivity index (χ3v) is 1.95. The number of halogens is 4. The number of rotatable bonds is 1. The lowest BCUT2D eigenvalue weighted by Crippen LogP contribution is -1.88. The summed E-state index contributed by atoms with van der Waals surface area (Å²) in [5.41, 5.74) is -1.12. The van der Waals surface area contributed by atoms with E-state index in [2.05, 4.69) is 20.9 Å². The molecule has 1 aromatic rings. The van der Waals surface area contributed by atoms with Crippen LogP contribution in [0.5, 0.6) is 0 Å². The SMILES string of the molecule is [2H]c1nc(C([2H])(F)F)c([2H])c(Cl)c1Br. The molecule has 0 spiro atoms. The summed E-state index contributed by atoms with van der Waals surface area (Å²) in [5, 5.41) is -0.341. The van der Waals surface area contributed by atoms with Gasteiger partial charge >= 0.3 is 0 Å². The van der Waals surface area contributed by atoms with Gasteiger partial charge in [0.05, 0.1) is 12.2 Å². The highest BCUT2D eigenvalue weighted by molar-refractivity contribution is 9.10. The topological polar surface area (TPSA) is 12.9 Å². The highest BCUT2D eigenvalue weighted by Gasteiger charge is 2.09. The van der Waals surface area contributed by atoms with Crippen molar-refractivity contribution in [1.82, 2.24) is 4.98 Å². The largest absolute Gasteiger partial charge is 0.280 e. The molecule has 1 heterocycles. The first-order valence-electron chi connectivity index (χ1n) is 3.95. The van der Waals surface area contributed by atoms with Crippen LogP contribution in [0.15, 0.2) is 16.7 Å². The van der Waals surface area contributed by atoms with Crippen molar-refractivity contribution >= 4 is 27.5 Å². The molecule has 1 aromatic heterocycles. The van der Waals surface area contributed by atoms with Gasteiger partial charge in [-0.25, -0.2) is 8.78 Å². The Morgan fingerprint density at radius 2 is 2.45 bits per heavy atom. The molecule has 0 amide bonds. The minimum absolute atomic E-state index is 0.0304. The third kappa shape index (κ3) is 2.10. The predicted octanol–water partition coefficient (Wildman–Crippen LogP) is 3.44. The second kappa shape index (κ2) is 3.45. The van der Waals surface area contributed by atoms with Gasteiger partial charge in [-0.15, -0.1) is 0 Å². The lowest BCUT2D eigenvalue weighted by atomic mass is 10.4. The van der Waals surface area contributed by atoms with Crippen LogP contribution in [0.1, 0.15) is 16.2 Å². The van der Waals surface area contributed by atoms with E-state index in [0.717, 1.165) is 0 Å². The maximum absolute atomic E-state index is 12.5. The Morgan fingerprint density at radius 3 is 3.00 bits per heavy atom. The average molecular weight is 245 g/mol. The van der Waals surface area contributed by atoms with E-state index in [0.29, 0.717) is 0 Å². The molecule has 0 saturated carbocycles. The van der Waals surface area contributed by atoms with E-state index in [-0.39, 0.29) is 9.50 Å². The van der Waals surface area contributed by atoms with Crippen molar-refractivity contribution in [2.45, 2.75) is 6.40 Å². The first-order valence-corrected chi connectivity index (χ1v) is 3.62. The van der Waals surface area contributed by atoms with E-state index in [1.54, 1.807) is 0 Å². The van der Waals surface area contributed by atoms with Crippen LogP contribution >= 0.6 is 27.5 Å². The smallest absolute Gasteiger partial charge is 0.254 e. The summed E-state index contributed by atoms with van der Waals surface area (Å²) in [7, 11) is 0. The molecule has 0 N–H and O–H groups in total. The first kappa shape index (κ1) is 5.43. The van der Waals surface area contributed by atoms with Crippen molar-refractivity contribution in [1.29, 1.82) is 0 Å². The summed E-state index contributed by atoms with van der Waals surface area (Å²) in [4.78, 5) is 3.11. The molecule has 0 aliphatic rings. The monoisotopic (exact) mass is 244 g/mol. The molecule has 0 unspecified atom stereocenters. The number of alkyl halides is 2. The minimum atomic E-state index is -4.02. The summed E-state index contributed by atoms with van der Waals surface area (Å²) in [6.45, 7) is 0. The fourth-order valence-corrected chi connectivity index (χ4v) is 0.750. The molecular formula is C6H3BrClF2N. The summed E-state index contributed by atoms with van der Waals surface area (Å²) >= 11 is 8.31. The quantitative estimate of drug-likeness (QED) is 0.738. The van der Waals surface area contributed by atoms with E-state index in [4.69, 9.17) is 15.7 Å². The second-order valence-electron chi connectivity index (χ2n) is 1.59. The summed E-state index contributed by atoms with van der Waals surface area (Å²) < 4.78 is 45.8. The minimum Gasteiger partial charge on any atom is -0.254 e. The number of aromatic nitrogens is 1. The molecule has 0 bridgehead atoms. The van der Waals surface area contributed by atoms with Crippen molar-refractivity contribution in [3.8, 4) is 0 Å². The Bertz CT molecular complexity index is 382. The molecule has 0 atom stereocenters. The fourth-order valence-electron chi connectivity index (χ4n) is 0.430. The fraction of sp³-hybridized carbons (Fsp3) is 0.167. The maximum atomic E-state index is 12.5. The van der Waals surface area contributed by atoms with Crippen LogP contribution in [0.2, 0.25) is 5.02 Å². The molecule has 11 heavy (non-hydrogen) atoms. The zero-order valence-corrected chi connectivity index (χ0v) is 7.30. The molecule has 5 heteroatoms. The van der Waals surface area contributed by atoms with E-state index in [9.17, 15) is 8.78 Å². The van der Waals surface area contributed by atoms with Gasteiger partial charge in [0.25, 0.3) is 6.40 Å². The third-order valence-electron chi connectivity index (χ3n) is 0.866. The van der Waals surface area contributed by atoms with Gasteiger partial charge in [0.1, 0.15) is 7.06 Å². The van der Waals surface area contributed by atoms with Crippen LogP contribution in [0.25, 0.3) is 0 Å².